The molecule has 2 rings (SSSR count). The van der Waals surface area contributed by atoms with Gasteiger partial charge in [0.2, 0.25) is 0 Å². The molecule has 0 aliphatic rings. The molecule has 0 saturated heterocycles. The Hall–Kier alpha value is -2.01. The second-order valence-electron chi connectivity index (χ2n) is 4.50. The van der Waals surface area contributed by atoms with Gasteiger partial charge in [-0.3, -0.25) is 0 Å². The van der Waals surface area contributed by atoms with Gasteiger partial charge in [-0.2, -0.15) is 0 Å². The van der Waals surface area contributed by atoms with Crippen molar-refractivity contribution in [2.75, 3.05) is 13.7 Å². The van der Waals surface area contributed by atoms with Crippen LogP contribution < -0.4 is 10.1 Å². The van der Waals surface area contributed by atoms with Crippen LogP contribution in [0, 0.1) is 17.5 Å². The van der Waals surface area contributed by atoms with Crippen LogP contribution in [0.15, 0.2) is 36.4 Å². The summed E-state index contributed by atoms with van der Waals surface area (Å²) < 4.78 is 45.9. The topological polar surface area (TPSA) is 21.3 Å². The maximum Gasteiger partial charge on any atom is 0.194 e. The van der Waals surface area contributed by atoms with E-state index < -0.39 is 23.5 Å². The summed E-state index contributed by atoms with van der Waals surface area (Å²) in [6.07, 6.45) is 0. The van der Waals surface area contributed by atoms with Crippen molar-refractivity contribution < 1.29 is 17.9 Å². The first-order chi connectivity index (χ1) is 10.1. The molecule has 0 aliphatic heterocycles. The molecule has 0 heterocycles. The van der Waals surface area contributed by atoms with Crippen LogP contribution >= 0.6 is 0 Å². The van der Waals surface area contributed by atoms with Gasteiger partial charge in [-0.1, -0.05) is 31.2 Å². The molecular weight excluding hydrogens is 279 g/mol. The molecule has 0 spiro atoms. The number of benzene rings is 2. The summed E-state index contributed by atoms with van der Waals surface area (Å²) in [5, 5.41) is 3.07. The van der Waals surface area contributed by atoms with Crippen molar-refractivity contribution in [2.45, 2.75) is 13.0 Å². The summed E-state index contributed by atoms with van der Waals surface area (Å²) in [5.41, 5.74) is 0.701. The van der Waals surface area contributed by atoms with Gasteiger partial charge in [0, 0.05) is 11.1 Å². The lowest BCUT2D eigenvalue weighted by atomic mass is 9.97. The molecule has 0 bridgehead atoms. The number of hydrogen-bond acceptors (Lipinski definition) is 2. The van der Waals surface area contributed by atoms with E-state index in [4.69, 9.17) is 4.74 Å². The van der Waals surface area contributed by atoms with E-state index in [1.54, 1.807) is 24.3 Å². The molecule has 0 radical (unpaired) electrons. The molecule has 1 N–H and O–H groups in total. The highest BCUT2D eigenvalue weighted by molar-refractivity contribution is 5.42. The Morgan fingerprint density at radius 2 is 1.71 bits per heavy atom. The number of halogens is 3. The van der Waals surface area contributed by atoms with E-state index >= 15 is 0 Å². The number of ether oxygens (including phenoxy) is 1. The quantitative estimate of drug-likeness (QED) is 0.847. The van der Waals surface area contributed by atoms with Crippen molar-refractivity contribution >= 4 is 0 Å². The summed E-state index contributed by atoms with van der Waals surface area (Å²) in [5.74, 6) is -3.31. The number of methoxy groups -OCH3 is 1. The Bertz CT molecular complexity index is 631. The van der Waals surface area contributed by atoms with Crippen LogP contribution in [0.1, 0.15) is 24.1 Å². The van der Waals surface area contributed by atoms with E-state index in [2.05, 4.69) is 5.32 Å². The Kier molecular flexibility index (Phi) is 4.85. The van der Waals surface area contributed by atoms with Gasteiger partial charge in [-0.25, -0.2) is 13.2 Å². The second-order valence-corrected chi connectivity index (χ2v) is 4.50. The first-order valence-corrected chi connectivity index (χ1v) is 6.59. The number of rotatable bonds is 5. The summed E-state index contributed by atoms with van der Waals surface area (Å²) in [4.78, 5) is 0. The molecule has 0 amide bonds. The van der Waals surface area contributed by atoms with Crippen LogP contribution in [-0.4, -0.2) is 13.7 Å². The number of para-hydroxylation sites is 1. The highest BCUT2D eigenvalue weighted by Gasteiger charge is 2.23. The van der Waals surface area contributed by atoms with E-state index in [1.807, 2.05) is 6.92 Å². The highest BCUT2D eigenvalue weighted by Crippen LogP contribution is 2.32. The molecule has 0 aromatic heterocycles. The van der Waals surface area contributed by atoms with Gasteiger partial charge in [0.15, 0.2) is 17.5 Å². The van der Waals surface area contributed by atoms with Crippen molar-refractivity contribution in [3.63, 3.8) is 0 Å². The number of hydrogen-bond donors (Lipinski definition) is 1. The smallest absolute Gasteiger partial charge is 0.194 e. The Balaban J connectivity index is 2.56. The first-order valence-electron chi connectivity index (χ1n) is 6.59. The van der Waals surface area contributed by atoms with Gasteiger partial charge in [0.25, 0.3) is 0 Å². The van der Waals surface area contributed by atoms with Crippen molar-refractivity contribution in [1.29, 1.82) is 0 Å². The molecule has 21 heavy (non-hydrogen) atoms. The predicted molar refractivity (Wildman–Crippen MR) is 74.8 cm³/mol. The molecular formula is C16H16F3NO. The van der Waals surface area contributed by atoms with Gasteiger partial charge in [-0.05, 0) is 18.7 Å². The average molecular weight is 295 g/mol. The normalized spacial score (nSPS) is 12.2. The first kappa shape index (κ1) is 15.4. The van der Waals surface area contributed by atoms with Crippen LogP contribution in [-0.2, 0) is 0 Å². The van der Waals surface area contributed by atoms with Crippen molar-refractivity contribution in [3.05, 3.63) is 65.0 Å². The van der Waals surface area contributed by atoms with Gasteiger partial charge in [0.1, 0.15) is 5.75 Å². The van der Waals surface area contributed by atoms with Crippen molar-refractivity contribution in [1.82, 2.24) is 5.32 Å². The van der Waals surface area contributed by atoms with E-state index in [-0.39, 0.29) is 5.56 Å². The van der Waals surface area contributed by atoms with Crippen molar-refractivity contribution in [3.8, 4) is 5.75 Å². The van der Waals surface area contributed by atoms with Crippen LogP contribution in [0.5, 0.6) is 5.75 Å². The van der Waals surface area contributed by atoms with Crippen LogP contribution in [0.25, 0.3) is 0 Å². The second kappa shape index (κ2) is 6.63. The SMILES string of the molecule is CCNC(c1ccccc1OC)c1ccc(F)c(F)c1F. The van der Waals surface area contributed by atoms with Gasteiger partial charge >= 0.3 is 0 Å². The fraction of sp³-hybridized carbons (Fsp3) is 0.250. The molecule has 1 unspecified atom stereocenters. The van der Waals surface area contributed by atoms with Crippen LogP contribution in [0.4, 0.5) is 13.2 Å². The molecule has 2 nitrogen and oxygen atoms in total. The lowest BCUT2D eigenvalue weighted by molar-refractivity contribution is 0.400. The highest BCUT2D eigenvalue weighted by atomic mass is 19.2. The minimum absolute atomic E-state index is 0.0419. The van der Waals surface area contributed by atoms with E-state index in [9.17, 15) is 13.2 Å². The zero-order valence-corrected chi connectivity index (χ0v) is 11.8. The molecule has 0 fully saturated rings. The van der Waals surface area contributed by atoms with Gasteiger partial charge in [-0.15, -0.1) is 0 Å². The predicted octanol–water partition coefficient (Wildman–Crippen LogP) is 3.81. The summed E-state index contributed by atoms with van der Waals surface area (Å²) >= 11 is 0. The third-order valence-corrected chi connectivity index (χ3v) is 3.23. The average Bonchev–Trinajstić information content (AvgIpc) is 2.51. The monoisotopic (exact) mass is 295 g/mol. The summed E-state index contributed by atoms with van der Waals surface area (Å²) in [6, 6.07) is 8.60. The lowest BCUT2D eigenvalue weighted by Crippen LogP contribution is -2.24. The standard InChI is InChI=1S/C16H16F3NO/c1-3-20-16(10-6-4-5-7-13(10)21-2)11-8-9-12(17)15(19)14(11)18/h4-9,16,20H,3H2,1-2H3. The molecule has 0 saturated carbocycles. The van der Waals surface area contributed by atoms with Crippen LogP contribution in [0.3, 0.4) is 0 Å². The minimum Gasteiger partial charge on any atom is -0.496 e. The van der Waals surface area contributed by atoms with Crippen LogP contribution in [0.2, 0.25) is 0 Å². The summed E-state index contributed by atoms with van der Waals surface area (Å²) in [6.45, 7) is 2.38. The molecule has 5 heteroatoms. The number of nitrogens with one attached hydrogen (secondary N) is 1. The fourth-order valence-corrected chi connectivity index (χ4v) is 2.26. The molecule has 112 valence electrons. The van der Waals surface area contributed by atoms with Gasteiger partial charge < -0.3 is 10.1 Å². The summed E-state index contributed by atoms with van der Waals surface area (Å²) in [7, 11) is 1.50. The maximum atomic E-state index is 14.1. The molecule has 1 atom stereocenters. The Labute approximate surface area is 121 Å². The molecule has 0 aliphatic carbocycles. The maximum absolute atomic E-state index is 14.1. The molecule has 2 aromatic rings. The van der Waals surface area contributed by atoms with Gasteiger partial charge in [0.05, 0.1) is 13.2 Å². The lowest BCUT2D eigenvalue weighted by Gasteiger charge is -2.22. The fourth-order valence-electron chi connectivity index (χ4n) is 2.26. The van der Waals surface area contributed by atoms with E-state index in [0.29, 0.717) is 17.9 Å². The zero-order chi connectivity index (χ0) is 15.4. The third kappa shape index (κ3) is 3.03. The largest absolute Gasteiger partial charge is 0.496 e. The van der Waals surface area contributed by atoms with E-state index in [1.165, 1.54) is 13.2 Å². The minimum atomic E-state index is -1.47. The zero-order valence-electron chi connectivity index (χ0n) is 11.8. The Morgan fingerprint density at radius 1 is 1.00 bits per heavy atom. The Morgan fingerprint density at radius 3 is 2.38 bits per heavy atom. The molecule has 2 aromatic carbocycles. The van der Waals surface area contributed by atoms with E-state index in [0.717, 1.165) is 6.07 Å². The van der Waals surface area contributed by atoms with Crippen molar-refractivity contribution in [2.24, 2.45) is 0 Å². The third-order valence-electron chi connectivity index (χ3n) is 3.23.